The third-order valence-electron chi connectivity index (χ3n) is 2.06. The van der Waals surface area contributed by atoms with Crippen LogP contribution in [-0.2, 0) is 14.6 Å². The predicted molar refractivity (Wildman–Crippen MR) is 44.6 cm³/mol. The molecule has 1 rings (SSSR count). The standard InChI is InChI=1S/C9H16O3/c10-8-9-6-4-2-1-3-5-7-11-12-9/h8-9H,1-7H2. The average molecular weight is 172 g/mol. The fraction of sp³-hybridized carbons (Fsp3) is 0.889. The molecule has 0 aromatic heterocycles. The lowest BCUT2D eigenvalue weighted by Gasteiger charge is -2.12. The maximum atomic E-state index is 10.4. The van der Waals surface area contributed by atoms with E-state index in [1.807, 2.05) is 0 Å². The molecule has 70 valence electrons. The third kappa shape index (κ3) is 3.83. The zero-order valence-corrected chi connectivity index (χ0v) is 7.33. The molecule has 1 fully saturated rings. The van der Waals surface area contributed by atoms with Crippen molar-refractivity contribution in [3.8, 4) is 0 Å². The molecule has 0 saturated carbocycles. The number of aldehydes is 1. The van der Waals surface area contributed by atoms with Crippen LogP contribution in [0.25, 0.3) is 0 Å². The summed E-state index contributed by atoms with van der Waals surface area (Å²) >= 11 is 0. The molecule has 1 aliphatic heterocycles. The first-order chi connectivity index (χ1) is 5.93. The largest absolute Gasteiger partial charge is 0.300 e. The predicted octanol–water partition coefficient (Wildman–Crippen LogP) is 1.86. The Morgan fingerprint density at radius 3 is 2.67 bits per heavy atom. The number of hydrogen-bond acceptors (Lipinski definition) is 3. The summed E-state index contributed by atoms with van der Waals surface area (Å²) in [6, 6.07) is 0. The maximum Gasteiger partial charge on any atom is 0.152 e. The Hall–Kier alpha value is -0.410. The van der Waals surface area contributed by atoms with Crippen LogP contribution in [0, 0.1) is 0 Å². The first-order valence-corrected chi connectivity index (χ1v) is 4.67. The van der Waals surface area contributed by atoms with Crippen molar-refractivity contribution in [2.75, 3.05) is 6.61 Å². The average Bonchev–Trinajstić information content (AvgIpc) is 2.14. The first-order valence-electron chi connectivity index (χ1n) is 4.67. The Bertz CT molecular complexity index is 115. The van der Waals surface area contributed by atoms with Crippen LogP contribution < -0.4 is 0 Å². The second kappa shape index (κ2) is 6.14. The van der Waals surface area contributed by atoms with Crippen LogP contribution in [0.15, 0.2) is 0 Å². The molecule has 1 saturated heterocycles. The molecule has 1 atom stereocenters. The smallest absolute Gasteiger partial charge is 0.152 e. The highest BCUT2D eigenvalue weighted by Gasteiger charge is 2.09. The van der Waals surface area contributed by atoms with E-state index < -0.39 is 0 Å². The van der Waals surface area contributed by atoms with E-state index in [1.165, 1.54) is 19.3 Å². The molecular formula is C9H16O3. The summed E-state index contributed by atoms with van der Waals surface area (Å²) < 4.78 is 0. The van der Waals surface area contributed by atoms with Crippen LogP contribution >= 0.6 is 0 Å². The zero-order chi connectivity index (χ0) is 8.65. The second-order valence-corrected chi connectivity index (χ2v) is 3.15. The van der Waals surface area contributed by atoms with Crippen molar-refractivity contribution >= 4 is 6.29 Å². The van der Waals surface area contributed by atoms with Crippen LogP contribution in [0.2, 0.25) is 0 Å². The Kier molecular flexibility index (Phi) is 4.95. The molecule has 0 N–H and O–H groups in total. The molecular weight excluding hydrogens is 156 g/mol. The lowest BCUT2D eigenvalue weighted by molar-refractivity contribution is -0.315. The van der Waals surface area contributed by atoms with Gasteiger partial charge in [-0.25, -0.2) is 9.78 Å². The highest BCUT2D eigenvalue weighted by Crippen LogP contribution is 2.11. The summed E-state index contributed by atoms with van der Waals surface area (Å²) in [6.07, 6.45) is 7.02. The second-order valence-electron chi connectivity index (χ2n) is 3.15. The van der Waals surface area contributed by atoms with E-state index in [2.05, 4.69) is 0 Å². The van der Waals surface area contributed by atoms with Gasteiger partial charge in [-0.3, -0.25) is 0 Å². The molecule has 3 heteroatoms. The van der Waals surface area contributed by atoms with E-state index in [1.54, 1.807) is 0 Å². The Balaban J connectivity index is 2.21. The van der Waals surface area contributed by atoms with E-state index in [-0.39, 0.29) is 6.10 Å². The Morgan fingerprint density at radius 2 is 1.83 bits per heavy atom. The van der Waals surface area contributed by atoms with Crippen LogP contribution in [-0.4, -0.2) is 19.0 Å². The van der Waals surface area contributed by atoms with Crippen molar-refractivity contribution < 1.29 is 14.6 Å². The molecule has 0 spiro atoms. The SMILES string of the molecule is O=CC1CCCCCCCOO1. The highest BCUT2D eigenvalue weighted by atomic mass is 17.2. The van der Waals surface area contributed by atoms with E-state index >= 15 is 0 Å². The molecule has 0 aromatic rings. The van der Waals surface area contributed by atoms with Gasteiger partial charge in [0.05, 0.1) is 6.61 Å². The minimum absolute atomic E-state index is 0.344. The monoisotopic (exact) mass is 172 g/mol. The minimum atomic E-state index is -0.344. The van der Waals surface area contributed by atoms with Crippen LogP contribution in [0.3, 0.4) is 0 Å². The molecule has 1 unspecified atom stereocenters. The first kappa shape index (κ1) is 9.68. The van der Waals surface area contributed by atoms with Crippen molar-refractivity contribution in [1.29, 1.82) is 0 Å². The normalized spacial score (nSPS) is 27.8. The van der Waals surface area contributed by atoms with Crippen molar-refractivity contribution in [1.82, 2.24) is 0 Å². The molecule has 12 heavy (non-hydrogen) atoms. The Labute approximate surface area is 73.0 Å². The molecule has 0 radical (unpaired) electrons. The van der Waals surface area contributed by atoms with Gasteiger partial charge in [-0.1, -0.05) is 25.7 Å². The lowest BCUT2D eigenvalue weighted by Crippen LogP contribution is -2.16. The number of rotatable bonds is 1. The van der Waals surface area contributed by atoms with Crippen LogP contribution in [0.5, 0.6) is 0 Å². The molecule has 1 heterocycles. The van der Waals surface area contributed by atoms with Gasteiger partial charge in [0.25, 0.3) is 0 Å². The fourth-order valence-corrected chi connectivity index (χ4v) is 1.31. The van der Waals surface area contributed by atoms with Gasteiger partial charge < -0.3 is 4.79 Å². The molecule has 1 aliphatic rings. The molecule has 0 bridgehead atoms. The highest BCUT2D eigenvalue weighted by molar-refractivity contribution is 5.55. The summed E-state index contributed by atoms with van der Waals surface area (Å²) in [5.41, 5.74) is 0. The van der Waals surface area contributed by atoms with Crippen LogP contribution in [0.4, 0.5) is 0 Å². The molecule has 0 aromatic carbocycles. The van der Waals surface area contributed by atoms with Crippen LogP contribution in [0.1, 0.15) is 38.5 Å². The van der Waals surface area contributed by atoms with E-state index in [0.29, 0.717) is 6.61 Å². The molecule has 3 nitrogen and oxygen atoms in total. The van der Waals surface area contributed by atoms with Crippen molar-refractivity contribution in [3.63, 3.8) is 0 Å². The fourth-order valence-electron chi connectivity index (χ4n) is 1.31. The third-order valence-corrected chi connectivity index (χ3v) is 2.06. The quantitative estimate of drug-likeness (QED) is 0.447. The summed E-state index contributed by atoms with van der Waals surface area (Å²) in [5.74, 6) is 0. The van der Waals surface area contributed by atoms with Gasteiger partial charge in [-0.2, -0.15) is 0 Å². The topological polar surface area (TPSA) is 35.5 Å². The zero-order valence-electron chi connectivity index (χ0n) is 7.33. The molecule has 0 aliphatic carbocycles. The van der Waals surface area contributed by atoms with E-state index in [9.17, 15) is 4.79 Å². The molecule has 0 amide bonds. The van der Waals surface area contributed by atoms with Gasteiger partial charge in [-0.15, -0.1) is 0 Å². The summed E-state index contributed by atoms with van der Waals surface area (Å²) in [4.78, 5) is 20.2. The summed E-state index contributed by atoms with van der Waals surface area (Å²) in [5, 5.41) is 0. The Morgan fingerprint density at radius 1 is 1.08 bits per heavy atom. The van der Waals surface area contributed by atoms with Gasteiger partial charge in [0.15, 0.2) is 6.29 Å². The lowest BCUT2D eigenvalue weighted by atomic mass is 10.1. The van der Waals surface area contributed by atoms with E-state index in [0.717, 1.165) is 25.5 Å². The van der Waals surface area contributed by atoms with Crippen molar-refractivity contribution in [2.45, 2.75) is 44.6 Å². The van der Waals surface area contributed by atoms with Gasteiger partial charge in [0, 0.05) is 0 Å². The van der Waals surface area contributed by atoms with Gasteiger partial charge >= 0.3 is 0 Å². The number of carbonyl (C=O) groups is 1. The summed E-state index contributed by atoms with van der Waals surface area (Å²) in [6.45, 7) is 0.615. The van der Waals surface area contributed by atoms with Gasteiger partial charge in [0.2, 0.25) is 0 Å². The number of hydrogen-bond donors (Lipinski definition) is 0. The van der Waals surface area contributed by atoms with E-state index in [4.69, 9.17) is 9.78 Å². The minimum Gasteiger partial charge on any atom is -0.300 e. The number of carbonyl (C=O) groups excluding carboxylic acids is 1. The van der Waals surface area contributed by atoms with Gasteiger partial charge in [0.1, 0.15) is 6.10 Å². The van der Waals surface area contributed by atoms with Crippen molar-refractivity contribution in [2.24, 2.45) is 0 Å². The van der Waals surface area contributed by atoms with Crippen molar-refractivity contribution in [3.05, 3.63) is 0 Å². The maximum absolute atomic E-state index is 10.4. The van der Waals surface area contributed by atoms with Gasteiger partial charge in [-0.05, 0) is 12.8 Å². The summed E-state index contributed by atoms with van der Waals surface area (Å²) in [7, 11) is 0.